The van der Waals surface area contributed by atoms with Crippen LogP contribution in [0.3, 0.4) is 0 Å². The standard InChI is InChI=1S/C37H39F2N3O5S/c1-2-47-33-20-18-32(19-21-33)42(48(45,46)34-22-16-30(39)17-23-34)26-36(43)41(25-28-12-14-29(38)15-13-28)35(24-27-8-4-3-5-9-27)37(44)40-31-10-6-7-11-31/h3-5,8-9,12-23,31,35H,2,6-7,10-11,24-26H2,1H3,(H,40,44). The molecular weight excluding hydrogens is 636 g/mol. The smallest absolute Gasteiger partial charge is 0.264 e. The molecule has 252 valence electrons. The van der Waals surface area contributed by atoms with E-state index in [1.807, 2.05) is 37.3 Å². The van der Waals surface area contributed by atoms with Crippen LogP contribution in [0, 0.1) is 11.6 Å². The molecule has 0 aromatic heterocycles. The lowest BCUT2D eigenvalue weighted by atomic mass is 10.0. The molecule has 0 bridgehead atoms. The molecule has 0 heterocycles. The Morgan fingerprint density at radius 3 is 2.04 bits per heavy atom. The van der Waals surface area contributed by atoms with E-state index in [2.05, 4.69) is 5.32 Å². The van der Waals surface area contributed by atoms with Gasteiger partial charge in [-0.2, -0.15) is 0 Å². The quantitative estimate of drug-likeness (QED) is 0.170. The van der Waals surface area contributed by atoms with Gasteiger partial charge in [-0.3, -0.25) is 13.9 Å². The second-order valence-electron chi connectivity index (χ2n) is 11.7. The van der Waals surface area contributed by atoms with Gasteiger partial charge in [0.05, 0.1) is 17.2 Å². The maximum atomic E-state index is 14.6. The highest BCUT2D eigenvalue weighted by Crippen LogP contribution is 2.27. The van der Waals surface area contributed by atoms with E-state index in [9.17, 15) is 26.8 Å². The van der Waals surface area contributed by atoms with Crippen LogP contribution in [0.4, 0.5) is 14.5 Å². The zero-order valence-electron chi connectivity index (χ0n) is 26.7. The third-order valence-electron chi connectivity index (χ3n) is 8.36. The molecule has 5 rings (SSSR count). The molecule has 1 N–H and O–H groups in total. The van der Waals surface area contributed by atoms with E-state index in [1.165, 1.54) is 41.3 Å². The predicted octanol–water partition coefficient (Wildman–Crippen LogP) is 6.26. The zero-order valence-corrected chi connectivity index (χ0v) is 27.5. The number of carbonyl (C=O) groups excluding carboxylic acids is 2. The van der Waals surface area contributed by atoms with E-state index in [-0.39, 0.29) is 35.5 Å². The lowest BCUT2D eigenvalue weighted by Crippen LogP contribution is -2.54. The van der Waals surface area contributed by atoms with Crippen molar-refractivity contribution in [3.05, 3.63) is 126 Å². The second-order valence-corrected chi connectivity index (χ2v) is 13.6. The van der Waals surface area contributed by atoms with Crippen LogP contribution >= 0.6 is 0 Å². The summed E-state index contributed by atoms with van der Waals surface area (Å²) in [4.78, 5) is 29.8. The third kappa shape index (κ3) is 8.77. The Bertz CT molecular complexity index is 1760. The number of benzene rings is 4. The lowest BCUT2D eigenvalue weighted by Gasteiger charge is -2.34. The summed E-state index contributed by atoms with van der Waals surface area (Å²) in [6.45, 7) is 1.47. The monoisotopic (exact) mass is 675 g/mol. The summed E-state index contributed by atoms with van der Waals surface area (Å²) < 4.78 is 62.4. The number of sulfonamides is 1. The molecule has 1 atom stereocenters. The van der Waals surface area contributed by atoms with Crippen molar-refractivity contribution in [1.29, 1.82) is 0 Å². The summed E-state index contributed by atoms with van der Waals surface area (Å²) in [6, 6.07) is 24.4. The highest BCUT2D eigenvalue weighted by Gasteiger charge is 2.35. The molecule has 1 aliphatic carbocycles. The van der Waals surface area contributed by atoms with Crippen LogP contribution in [-0.2, 0) is 32.6 Å². The Morgan fingerprint density at radius 1 is 0.833 bits per heavy atom. The molecule has 8 nitrogen and oxygen atoms in total. The number of nitrogens with one attached hydrogen (secondary N) is 1. The van der Waals surface area contributed by atoms with E-state index in [1.54, 1.807) is 12.1 Å². The molecule has 1 saturated carbocycles. The van der Waals surface area contributed by atoms with Crippen molar-refractivity contribution in [1.82, 2.24) is 10.2 Å². The van der Waals surface area contributed by atoms with E-state index < -0.39 is 40.2 Å². The number of hydrogen-bond donors (Lipinski definition) is 1. The first kappa shape index (κ1) is 34.6. The molecule has 0 saturated heterocycles. The van der Waals surface area contributed by atoms with E-state index in [4.69, 9.17) is 4.74 Å². The minimum atomic E-state index is -4.40. The molecule has 0 radical (unpaired) electrons. The van der Waals surface area contributed by atoms with Gasteiger partial charge in [-0.05, 0) is 91.6 Å². The van der Waals surface area contributed by atoms with Crippen molar-refractivity contribution in [2.24, 2.45) is 0 Å². The van der Waals surface area contributed by atoms with Crippen LogP contribution < -0.4 is 14.4 Å². The van der Waals surface area contributed by atoms with Crippen LogP contribution in [-0.4, -0.2) is 50.4 Å². The van der Waals surface area contributed by atoms with Crippen molar-refractivity contribution in [2.45, 2.75) is 62.6 Å². The van der Waals surface area contributed by atoms with E-state index >= 15 is 0 Å². The summed E-state index contributed by atoms with van der Waals surface area (Å²) in [5.41, 5.74) is 1.54. The van der Waals surface area contributed by atoms with Crippen molar-refractivity contribution >= 4 is 27.5 Å². The summed E-state index contributed by atoms with van der Waals surface area (Å²) in [5, 5.41) is 3.12. The van der Waals surface area contributed by atoms with Crippen LogP contribution in [0.1, 0.15) is 43.7 Å². The number of amides is 2. The SMILES string of the molecule is CCOc1ccc(N(CC(=O)N(Cc2ccc(F)cc2)C(Cc2ccccc2)C(=O)NC2CCCC2)S(=O)(=O)c2ccc(F)cc2)cc1. The van der Waals surface area contributed by atoms with Crippen LogP contribution in [0.25, 0.3) is 0 Å². The zero-order chi connectivity index (χ0) is 34.1. The molecule has 1 aliphatic rings. The molecule has 1 fully saturated rings. The van der Waals surface area contributed by atoms with E-state index in [0.29, 0.717) is 17.9 Å². The average Bonchev–Trinajstić information content (AvgIpc) is 3.60. The number of ether oxygens (including phenoxy) is 1. The molecule has 0 aliphatic heterocycles. The molecular formula is C37H39F2N3O5S. The van der Waals surface area contributed by atoms with Crippen molar-refractivity contribution < 1.29 is 31.5 Å². The minimum Gasteiger partial charge on any atom is -0.494 e. The molecule has 4 aromatic carbocycles. The van der Waals surface area contributed by atoms with Gasteiger partial charge in [0, 0.05) is 19.0 Å². The maximum Gasteiger partial charge on any atom is 0.264 e. The molecule has 1 unspecified atom stereocenters. The minimum absolute atomic E-state index is 0.0299. The molecule has 4 aromatic rings. The first-order chi connectivity index (χ1) is 23.1. The van der Waals surface area contributed by atoms with Crippen LogP contribution in [0.2, 0.25) is 0 Å². The Balaban J connectivity index is 1.56. The summed E-state index contributed by atoms with van der Waals surface area (Å²) in [6.07, 6.45) is 3.81. The fourth-order valence-corrected chi connectivity index (χ4v) is 7.26. The molecule has 11 heteroatoms. The Labute approximate surface area is 280 Å². The first-order valence-electron chi connectivity index (χ1n) is 16.0. The van der Waals surface area contributed by atoms with Gasteiger partial charge in [-0.1, -0.05) is 55.3 Å². The largest absolute Gasteiger partial charge is 0.494 e. The van der Waals surface area contributed by atoms with Gasteiger partial charge in [0.1, 0.15) is 30.0 Å². The molecule has 2 amide bonds. The van der Waals surface area contributed by atoms with Gasteiger partial charge in [0.25, 0.3) is 10.0 Å². The molecule has 0 spiro atoms. The topological polar surface area (TPSA) is 96.0 Å². The van der Waals surface area contributed by atoms with Gasteiger partial charge < -0.3 is 15.0 Å². The summed E-state index contributed by atoms with van der Waals surface area (Å²) >= 11 is 0. The number of anilines is 1. The van der Waals surface area contributed by atoms with Gasteiger partial charge in [0.2, 0.25) is 11.8 Å². The van der Waals surface area contributed by atoms with Gasteiger partial charge in [-0.15, -0.1) is 0 Å². The van der Waals surface area contributed by atoms with Crippen molar-refractivity contribution in [3.63, 3.8) is 0 Å². The molecule has 48 heavy (non-hydrogen) atoms. The average molecular weight is 676 g/mol. The van der Waals surface area contributed by atoms with Crippen LogP contribution in [0.5, 0.6) is 5.75 Å². The Kier molecular flexibility index (Phi) is 11.4. The second kappa shape index (κ2) is 15.9. The fraction of sp³-hybridized carbons (Fsp3) is 0.297. The predicted molar refractivity (Wildman–Crippen MR) is 180 cm³/mol. The first-order valence-corrected chi connectivity index (χ1v) is 17.5. The number of nitrogens with zero attached hydrogens (tertiary/aromatic N) is 2. The fourth-order valence-electron chi connectivity index (χ4n) is 5.85. The van der Waals surface area contributed by atoms with Crippen molar-refractivity contribution in [3.8, 4) is 5.75 Å². The van der Waals surface area contributed by atoms with Gasteiger partial charge in [0.15, 0.2) is 0 Å². The lowest BCUT2D eigenvalue weighted by molar-refractivity contribution is -0.140. The number of rotatable bonds is 14. The van der Waals surface area contributed by atoms with Crippen LogP contribution in [0.15, 0.2) is 108 Å². The number of carbonyl (C=O) groups is 2. The number of halogens is 2. The van der Waals surface area contributed by atoms with E-state index in [0.717, 1.165) is 59.8 Å². The maximum absolute atomic E-state index is 14.6. The van der Waals surface area contributed by atoms with Crippen molar-refractivity contribution in [2.75, 3.05) is 17.5 Å². The van der Waals surface area contributed by atoms with Gasteiger partial charge in [-0.25, -0.2) is 17.2 Å². The highest BCUT2D eigenvalue weighted by atomic mass is 32.2. The summed E-state index contributed by atoms with van der Waals surface area (Å²) in [5.74, 6) is -1.56. The highest BCUT2D eigenvalue weighted by molar-refractivity contribution is 7.92. The Morgan fingerprint density at radius 2 is 1.44 bits per heavy atom. The van der Waals surface area contributed by atoms with Gasteiger partial charge >= 0.3 is 0 Å². The third-order valence-corrected chi connectivity index (χ3v) is 10.1. The number of hydrogen-bond acceptors (Lipinski definition) is 5. The normalized spacial score (nSPS) is 13.9. The summed E-state index contributed by atoms with van der Waals surface area (Å²) in [7, 11) is -4.40. The Hall–Kier alpha value is -4.77.